The van der Waals surface area contributed by atoms with E-state index >= 15 is 0 Å². The number of nitrogens with one attached hydrogen (secondary N) is 1. The van der Waals surface area contributed by atoms with Crippen LogP contribution in [0.2, 0.25) is 0 Å². The number of imidazole rings is 1. The third kappa shape index (κ3) is 4.20. The molecule has 0 spiro atoms. The third-order valence-electron chi connectivity index (χ3n) is 5.48. The number of H-pyrrole nitrogens is 1. The highest BCUT2D eigenvalue weighted by atomic mass is 16.5. The molecule has 1 saturated heterocycles. The van der Waals surface area contributed by atoms with Crippen molar-refractivity contribution in [1.82, 2.24) is 14.5 Å². The third-order valence-corrected chi connectivity index (χ3v) is 5.48. The highest BCUT2D eigenvalue weighted by molar-refractivity contribution is 5.75. The number of anilines is 1. The zero-order valence-corrected chi connectivity index (χ0v) is 16.6. The van der Waals surface area contributed by atoms with Crippen LogP contribution >= 0.6 is 0 Å². The summed E-state index contributed by atoms with van der Waals surface area (Å²) in [6, 6.07) is 13.2. The fourth-order valence-electron chi connectivity index (χ4n) is 3.83. The number of hydrogen-bond acceptors (Lipinski definition) is 6. The van der Waals surface area contributed by atoms with Crippen LogP contribution in [0, 0.1) is 17.2 Å². The lowest BCUT2D eigenvalue weighted by atomic mass is 9.97. The van der Waals surface area contributed by atoms with Crippen LogP contribution in [-0.2, 0) is 16.1 Å². The van der Waals surface area contributed by atoms with E-state index in [-0.39, 0.29) is 17.6 Å². The van der Waals surface area contributed by atoms with Gasteiger partial charge in [0.15, 0.2) is 0 Å². The number of carbonyl (C=O) groups is 1. The van der Waals surface area contributed by atoms with Crippen LogP contribution in [0.5, 0.6) is 0 Å². The van der Waals surface area contributed by atoms with E-state index in [0.717, 1.165) is 29.9 Å². The summed E-state index contributed by atoms with van der Waals surface area (Å²) in [5, 5.41) is 8.86. The molecule has 1 fully saturated rings. The molecule has 154 valence electrons. The molecule has 30 heavy (non-hydrogen) atoms. The average molecular weight is 405 g/mol. The molecule has 0 radical (unpaired) electrons. The van der Waals surface area contributed by atoms with Crippen molar-refractivity contribution in [3.8, 4) is 6.07 Å². The number of pyridine rings is 1. The maximum absolute atomic E-state index is 12.4. The Labute approximate surface area is 173 Å². The Morgan fingerprint density at radius 1 is 1.23 bits per heavy atom. The van der Waals surface area contributed by atoms with Crippen molar-refractivity contribution < 1.29 is 9.53 Å². The molecule has 0 unspecified atom stereocenters. The lowest BCUT2D eigenvalue weighted by Crippen LogP contribution is -2.37. The molecule has 8 heteroatoms. The second-order valence-corrected chi connectivity index (χ2v) is 7.40. The van der Waals surface area contributed by atoms with E-state index in [9.17, 15) is 9.59 Å². The predicted molar refractivity (Wildman–Crippen MR) is 112 cm³/mol. The molecular weight excluding hydrogens is 382 g/mol. The van der Waals surface area contributed by atoms with Crippen molar-refractivity contribution in [2.75, 3.05) is 24.6 Å². The lowest BCUT2D eigenvalue weighted by Gasteiger charge is -2.31. The minimum Gasteiger partial charge on any atom is -0.465 e. The van der Waals surface area contributed by atoms with Crippen molar-refractivity contribution in [1.29, 1.82) is 5.26 Å². The fourth-order valence-corrected chi connectivity index (χ4v) is 3.83. The minimum atomic E-state index is -0.172. The Balaban J connectivity index is 1.23. The van der Waals surface area contributed by atoms with Gasteiger partial charge in [0.05, 0.1) is 29.1 Å². The van der Waals surface area contributed by atoms with Gasteiger partial charge in [-0.3, -0.25) is 9.36 Å². The van der Waals surface area contributed by atoms with E-state index in [1.807, 2.05) is 30.3 Å². The lowest BCUT2D eigenvalue weighted by molar-refractivity contribution is -0.149. The van der Waals surface area contributed by atoms with Gasteiger partial charge in [-0.15, -0.1) is 0 Å². The zero-order chi connectivity index (χ0) is 20.9. The summed E-state index contributed by atoms with van der Waals surface area (Å²) in [6.07, 6.45) is 3.57. The summed E-state index contributed by atoms with van der Waals surface area (Å²) in [5.74, 6) is 0.536. The molecule has 3 heterocycles. The Hall–Kier alpha value is -3.60. The van der Waals surface area contributed by atoms with Crippen LogP contribution in [0.1, 0.15) is 24.8 Å². The first-order valence-electron chi connectivity index (χ1n) is 10.1. The molecule has 0 aliphatic carbocycles. The van der Waals surface area contributed by atoms with Crippen LogP contribution in [0.15, 0.2) is 47.4 Å². The van der Waals surface area contributed by atoms with E-state index < -0.39 is 0 Å². The summed E-state index contributed by atoms with van der Waals surface area (Å²) >= 11 is 0. The number of fused-ring (bicyclic) bond motifs is 1. The number of aryl methyl sites for hydroxylation is 1. The van der Waals surface area contributed by atoms with E-state index in [4.69, 9.17) is 10.00 Å². The summed E-state index contributed by atoms with van der Waals surface area (Å²) in [4.78, 5) is 33.7. The van der Waals surface area contributed by atoms with Crippen molar-refractivity contribution in [3.05, 3.63) is 58.6 Å². The van der Waals surface area contributed by atoms with Crippen molar-refractivity contribution in [2.45, 2.75) is 25.8 Å². The SMILES string of the molecule is N#Cc1ccc(N2CCC(C(=O)OCCCn3c(=O)[nH]c4ccccc43)CC2)nc1. The van der Waals surface area contributed by atoms with Gasteiger partial charge in [-0.2, -0.15) is 5.26 Å². The second kappa shape index (κ2) is 8.82. The number of nitrogens with zero attached hydrogens (tertiary/aromatic N) is 4. The summed E-state index contributed by atoms with van der Waals surface area (Å²) < 4.78 is 7.14. The highest BCUT2D eigenvalue weighted by Gasteiger charge is 2.26. The molecule has 0 saturated carbocycles. The average Bonchev–Trinajstić information content (AvgIpc) is 3.11. The maximum Gasteiger partial charge on any atom is 0.326 e. The normalized spacial score (nSPS) is 14.6. The first kappa shape index (κ1) is 19.7. The summed E-state index contributed by atoms with van der Waals surface area (Å²) in [7, 11) is 0. The molecule has 3 aromatic rings. The molecule has 1 N–H and O–H groups in total. The van der Waals surface area contributed by atoms with Gasteiger partial charge in [0.2, 0.25) is 0 Å². The molecule has 0 bridgehead atoms. The first-order chi connectivity index (χ1) is 14.7. The first-order valence-corrected chi connectivity index (χ1v) is 10.1. The number of carbonyl (C=O) groups excluding carboxylic acids is 1. The Kier molecular flexibility index (Phi) is 5.80. The van der Waals surface area contributed by atoms with Crippen LogP contribution in [0.3, 0.4) is 0 Å². The van der Waals surface area contributed by atoms with Gasteiger partial charge in [0.1, 0.15) is 11.9 Å². The number of benzene rings is 1. The number of esters is 1. The van der Waals surface area contributed by atoms with Gasteiger partial charge in [0.25, 0.3) is 0 Å². The number of rotatable bonds is 6. The Morgan fingerprint density at radius 3 is 2.77 bits per heavy atom. The number of piperidine rings is 1. The predicted octanol–water partition coefficient (Wildman–Crippen LogP) is 2.45. The fraction of sp³-hybridized carbons (Fsp3) is 0.364. The van der Waals surface area contributed by atoms with E-state index in [2.05, 4.69) is 20.9 Å². The van der Waals surface area contributed by atoms with Gasteiger partial charge in [-0.1, -0.05) is 12.1 Å². The second-order valence-electron chi connectivity index (χ2n) is 7.40. The number of aromatic nitrogens is 3. The number of nitriles is 1. The van der Waals surface area contributed by atoms with Gasteiger partial charge in [0, 0.05) is 25.8 Å². The van der Waals surface area contributed by atoms with Gasteiger partial charge in [-0.25, -0.2) is 9.78 Å². The number of ether oxygens (including phenoxy) is 1. The molecule has 0 amide bonds. The van der Waals surface area contributed by atoms with E-state index in [1.165, 1.54) is 0 Å². The topological polar surface area (TPSA) is 104 Å². The van der Waals surface area contributed by atoms with Gasteiger partial charge >= 0.3 is 11.7 Å². The molecule has 1 aromatic carbocycles. The largest absolute Gasteiger partial charge is 0.465 e. The number of hydrogen-bond donors (Lipinski definition) is 1. The molecule has 1 aliphatic rings. The monoisotopic (exact) mass is 405 g/mol. The smallest absolute Gasteiger partial charge is 0.326 e. The molecule has 8 nitrogen and oxygen atoms in total. The summed E-state index contributed by atoms with van der Waals surface area (Å²) in [6.45, 7) is 2.24. The number of aromatic amines is 1. The summed E-state index contributed by atoms with van der Waals surface area (Å²) in [5.41, 5.74) is 2.05. The van der Waals surface area contributed by atoms with Crippen LogP contribution < -0.4 is 10.6 Å². The molecule has 1 aliphatic heterocycles. The van der Waals surface area contributed by atoms with Gasteiger partial charge in [-0.05, 0) is 43.5 Å². The van der Waals surface area contributed by atoms with E-state index in [0.29, 0.717) is 38.0 Å². The van der Waals surface area contributed by atoms with Gasteiger partial charge < -0.3 is 14.6 Å². The quantitative estimate of drug-likeness (QED) is 0.499. The minimum absolute atomic E-state index is 0.115. The maximum atomic E-state index is 12.4. The van der Waals surface area contributed by atoms with E-state index in [1.54, 1.807) is 16.8 Å². The van der Waals surface area contributed by atoms with Crippen LogP contribution in [0.25, 0.3) is 11.0 Å². The molecular formula is C22H23N5O3. The standard InChI is InChI=1S/C22H23N5O3/c23-14-16-6-7-20(24-15-16)26-11-8-17(9-12-26)21(28)30-13-3-10-27-19-5-2-1-4-18(19)25-22(27)29/h1-2,4-7,15,17H,3,8-13H2,(H,25,29). The number of para-hydroxylation sites is 2. The molecule has 2 aromatic heterocycles. The van der Waals surface area contributed by atoms with Crippen molar-refractivity contribution >= 4 is 22.8 Å². The Morgan fingerprint density at radius 2 is 2.03 bits per heavy atom. The highest BCUT2D eigenvalue weighted by Crippen LogP contribution is 2.23. The zero-order valence-electron chi connectivity index (χ0n) is 16.6. The Bertz CT molecular complexity index is 1120. The van der Waals surface area contributed by atoms with Crippen LogP contribution in [-0.4, -0.2) is 40.2 Å². The van der Waals surface area contributed by atoms with Crippen molar-refractivity contribution in [3.63, 3.8) is 0 Å². The van der Waals surface area contributed by atoms with Crippen molar-refractivity contribution in [2.24, 2.45) is 5.92 Å². The molecule has 4 rings (SSSR count). The van der Waals surface area contributed by atoms with Crippen LogP contribution in [0.4, 0.5) is 5.82 Å². The molecule has 0 atom stereocenters.